The van der Waals surface area contributed by atoms with Crippen LogP contribution in [0.4, 0.5) is 21.0 Å². The molecule has 0 heterocycles. The van der Waals surface area contributed by atoms with Crippen LogP contribution in [0.3, 0.4) is 0 Å². The molecule has 0 radical (unpaired) electrons. The summed E-state index contributed by atoms with van der Waals surface area (Å²) in [6.07, 6.45) is -1.44. The van der Waals surface area contributed by atoms with Crippen molar-refractivity contribution < 1.29 is 33.3 Å². The Morgan fingerprint density at radius 3 is 1.85 bits per heavy atom. The third-order valence-electron chi connectivity index (χ3n) is 3.72. The van der Waals surface area contributed by atoms with Crippen LogP contribution in [0.5, 0.6) is 0 Å². The monoisotopic (exact) mass is 482 g/mol. The lowest BCUT2D eigenvalue weighted by Gasteiger charge is -2.22. The first kappa shape index (κ1) is 29.1. The Hall–Kier alpha value is -2.89. The average molecular weight is 483 g/mol. The normalized spacial score (nSPS) is 11.5. The first-order valence-electron chi connectivity index (χ1n) is 11.1. The van der Waals surface area contributed by atoms with E-state index in [-0.39, 0.29) is 29.4 Å². The number of anilines is 2. The van der Waals surface area contributed by atoms with E-state index in [1.807, 2.05) is 0 Å². The number of ether oxygens (including phenoxy) is 4. The van der Waals surface area contributed by atoms with Crippen molar-refractivity contribution in [1.82, 2.24) is 5.32 Å². The minimum Gasteiger partial charge on any atom is -0.444 e. The lowest BCUT2D eigenvalue weighted by atomic mass is 10.1. The highest BCUT2D eigenvalue weighted by molar-refractivity contribution is 6.00. The van der Waals surface area contributed by atoms with Crippen molar-refractivity contribution in [2.24, 2.45) is 5.73 Å². The predicted octanol–water partition coefficient (Wildman–Crippen LogP) is 3.10. The van der Waals surface area contributed by atoms with Crippen LogP contribution in [0.15, 0.2) is 18.2 Å². The van der Waals surface area contributed by atoms with Crippen molar-refractivity contribution in [2.75, 3.05) is 50.2 Å². The second kappa shape index (κ2) is 13.7. The van der Waals surface area contributed by atoms with E-state index < -0.39 is 23.4 Å². The molecular weight excluding hydrogens is 444 g/mol. The molecule has 0 aromatic heterocycles. The van der Waals surface area contributed by atoms with E-state index in [2.05, 4.69) is 16.0 Å². The second-order valence-corrected chi connectivity index (χ2v) is 9.28. The van der Waals surface area contributed by atoms with Gasteiger partial charge in [0.15, 0.2) is 0 Å². The third kappa shape index (κ3) is 13.0. The van der Waals surface area contributed by atoms with Gasteiger partial charge in [0.25, 0.3) is 5.91 Å². The van der Waals surface area contributed by atoms with Crippen LogP contribution in [0, 0.1) is 0 Å². The highest BCUT2D eigenvalue weighted by atomic mass is 16.6. The Morgan fingerprint density at radius 2 is 1.32 bits per heavy atom. The maximum atomic E-state index is 12.5. The maximum Gasteiger partial charge on any atom is 0.412 e. The molecule has 34 heavy (non-hydrogen) atoms. The second-order valence-electron chi connectivity index (χ2n) is 9.28. The number of carbonyl (C=O) groups excluding carboxylic acids is 3. The minimum absolute atomic E-state index is 0.182. The van der Waals surface area contributed by atoms with Gasteiger partial charge < -0.3 is 30.0 Å². The zero-order valence-corrected chi connectivity index (χ0v) is 20.9. The SMILES string of the molecule is CC(C)(C)OC(=O)Nc1ccc(C(=O)NCCOCCOCCN)cc1NC(=O)OC(C)(C)C. The molecule has 0 aliphatic heterocycles. The first-order chi connectivity index (χ1) is 15.8. The molecule has 0 saturated heterocycles. The number of nitrogens with two attached hydrogens (primary N) is 1. The van der Waals surface area contributed by atoms with Gasteiger partial charge >= 0.3 is 12.2 Å². The Kier molecular flexibility index (Phi) is 11.8. The van der Waals surface area contributed by atoms with Crippen LogP contribution in [0.2, 0.25) is 0 Å². The summed E-state index contributed by atoms with van der Waals surface area (Å²) in [7, 11) is 0. The lowest BCUT2D eigenvalue weighted by molar-refractivity contribution is 0.0511. The first-order valence-corrected chi connectivity index (χ1v) is 11.1. The summed E-state index contributed by atoms with van der Waals surface area (Å²) in [5.74, 6) is -0.376. The molecule has 192 valence electrons. The van der Waals surface area contributed by atoms with E-state index in [9.17, 15) is 14.4 Å². The van der Waals surface area contributed by atoms with Crippen LogP contribution in [-0.4, -0.2) is 68.8 Å². The van der Waals surface area contributed by atoms with Crippen LogP contribution >= 0.6 is 0 Å². The minimum atomic E-state index is -0.734. The summed E-state index contributed by atoms with van der Waals surface area (Å²) in [6.45, 7) is 12.7. The van der Waals surface area contributed by atoms with Gasteiger partial charge in [-0.2, -0.15) is 0 Å². The molecule has 5 N–H and O–H groups in total. The molecule has 0 atom stereocenters. The molecule has 0 unspecified atom stereocenters. The molecular formula is C23H38N4O7. The van der Waals surface area contributed by atoms with Crippen LogP contribution in [0.1, 0.15) is 51.9 Å². The molecule has 1 aromatic carbocycles. The fourth-order valence-electron chi connectivity index (χ4n) is 2.47. The molecule has 1 rings (SSSR count). The van der Waals surface area contributed by atoms with Gasteiger partial charge in [-0.1, -0.05) is 0 Å². The maximum absolute atomic E-state index is 12.5. The van der Waals surface area contributed by atoms with E-state index in [0.29, 0.717) is 33.0 Å². The lowest BCUT2D eigenvalue weighted by Crippen LogP contribution is -2.30. The molecule has 1 aromatic rings. The molecule has 0 fully saturated rings. The number of benzene rings is 1. The number of rotatable bonds is 11. The molecule has 11 nitrogen and oxygen atoms in total. The zero-order chi connectivity index (χ0) is 25.8. The highest BCUT2D eigenvalue weighted by Gasteiger charge is 2.21. The Labute approximate surface area is 201 Å². The summed E-state index contributed by atoms with van der Waals surface area (Å²) < 4.78 is 21.1. The topological polar surface area (TPSA) is 150 Å². The summed E-state index contributed by atoms with van der Waals surface area (Å²) >= 11 is 0. The van der Waals surface area contributed by atoms with Crippen LogP contribution in [0.25, 0.3) is 0 Å². The van der Waals surface area contributed by atoms with Crippen LogP contribution in [-0.2, 0) is 18.9 Å². The van der Waals surface area contributed by atoms with Crippen molar-refractivity contribution in [1.29, 1.82) is 0 Å². The number of carbonyl (C=O) groups is 3. The average Bonchev–Trinajstić information content (AvgIpc) is 2.68. The fourth-order valence-corrected chi connectivity index (χ4v) is 2.47. The number of hydrogen-bond donors (Lipinski definition) is 4. The molecule has 0 aliphatic carbocycles. The molecule has 0 spiro atoms. The number of amides is 3. The van der Waals surface area contributed by atoms with Crippen LogP contribution < -0.4 is 21.7 Å². The summed E-state index contributed by atoms with van der Waals surface area (Å²) in [6, 6.07) is 4.45. The summed E-state index contributed by atoms with van der Waals surface area (Å²) in [4.78, 5) is 37.1. The molecule has 0 saturated carbocycles. The van der Waals surface area contributed by atoms with Gasteiger partial charge in [0.1, 0.15) is 11.2 Å². The highest BCUT2D eigenvalue weighted by Crippen LogP contribution is 2.25. The smallest absolute Gasteiger partial charge is 0.412 e. The zero-order valence-electron chi connectivity index (χ0n) is 20.9. The van der Waals surface area contributed by atoms with Crippen molar-refractivity contribution in [3.05, 3.63) is 23.8 Å². The quantitative estimate of drug-likeness (QED) is 0.351. The Balaban J connectivity index is 2.82. The van der Waals surface area contributed by atoms with Crippen molar-refractivity contribution in [3.8, 4) is 0 Å². The predicted molar refractivity (Wildman–Crippen MR) is 129 cm³/mol. The largest absolute Gasteiger partial charge is 0.444 e. The fraction of sp³-hybridized carbons (Fsp3) is 0.609. The van der Waals surface area contributed by atoms with Crippen molar-refractivity contribution in [2.45, 2.75) is 52.7 Å². The van der Waals surface area contributed by atoms with Gasteiger partial charge in [-0.3, -0.25) is 15.4 Å². The van der Waals surface area contributed by atoms with Gasteiger partial charge in [-0.15, -0.1) is 0 Å². The molecule has 3 amide bonds. The van der Waals surface area contributed by atoms with E-state index in [4.69, 9.17) is 24.7 Å². The van der Waals surface area contributed by atoms with E-state index in [1.54, 1.807) is 41.5 Å². The Bertz CT molecular complexity index is 817. The van der Waals surface area contributed by atoms with E-state index in [0.717, 1.165) is 0 Å². The summed E-state index contributed by atoms with van der Waals surface area (Å²) in [5, 5.41) is 7.88. The van der Waals surface area contributed by atoms with Crippen molar-refractivity contribution in [3.63, 3.8) is 0 Å². The molecule has 0 bridgehead atoms. The van der Waals surface area contributed by atoms with E-state index >= 15 is 0 Å². The van der Waals surface area contributed by atoms with Gasteiger partial charge in [0.2, 0.25) is 0 Å². The van der Waals surface area contributed by atoms with Gasteiger partial charge in [-0.05, 0) is 59.7 Å². The molecule has 0 aliphatic rings. The number of nitrogens with one attached hydrogen (secondary N) is 3. The summed E-state index contributed by atoms with van der Waals surface area (Å²) in [5.41, 5.74) is 4.59. The third-order valence-corrected chi connectivity index (χ3v) is 3.72. The standard InChI is InChI=1S/C23H38N4O7/c1-22(2,3)33-20(29)26-17-8-7-16(15-18(17)27-21(30)34-23(4,5)6)19(28)25-10-12-32-14-13-31-11-9-24/h7-8,15H,9-14,24H2,1-6H3,(H,25,28)(H,26,29)(H,27,30). The van der Waals surface area contributed by atoms with Crippen molar-refractivity contribution >= 4 is 29.5 Å². The van der Waals surface area contributed by atoms with Gasteiger partial charge in [-0.25, -0.2) is 9.59 Å². The molecule has 11 heteroatoms. The van der Waals surface area contributed by atoms with Gasteiger partial charge in [0.05, 0.1) is 37.8 Å². The number of hydrogen-bond acceptors (Lipinski definition) is 8. The van der Waals surface area contributed by atoms with E-state index in [1.165, 1.54) is 18.2 Å². The van der Waals surface area contributed by atoms with Gasteiger partial charge in [0, 0.05) is 18.7 Å². The Morgan fingerprint density at radius 1 is 0.794 bits per heavy atom.